The lowest BCUT2D eigenvalue weighted by Crippen LogP contribution is -2.56. The Morgan fingerprint density at radius 1 is 1.10 bits per heavy atom. The summed E-state index contributed by atoms with van der Waals surface area (Å²) in [7, 11) is 2.11. The summed E-state index contributed by atoms with van der Waals surface area (Å²) in [6.07, 6.45) is 5.64. The lowest BCUT2D eigenvalue weighted by Gasteiger charge is -2.41. The number of likely N-dealkylation sites (tertiary alicyclic amines) is 1. The van der Waals surface area contributed by atoms with Crippen molar-refractivity contribution in [3.05, 3.63) is 35.0 Å². The fourth-order valence-electron chi connectivity index (χ4n) is 6.88. The molecule has 2 atom stereocenters. The molecule has 258 valence electrons. The van der Waals surface area contributed by atoms with Crippen molar-refractivity contribution in [2.45, 2.75) is 83.6 Å². The molecule has 12 nitrogen and oxygen atoms in total. The standard InChI is InChI=1S/C36H43ClN8O4/c1-21-8-11-28-26(18-39-42-28)29(21)30-27(37)17-25-31(32(30)48-24-9-10-24)40-34(47-20-23-7-6-14-43(23)5)41-33(25)44-15-16-45(22(19-44)12-13-38)35(46)49-36(2,3)4/h8,11,17-18,22-24H,6-7,9-10,12,14-16,19-20H2,1-5H3,(H,39,42)/t22-,23-/m0/s1. The quantitative estimate of drug-likeness (QED) is 0.219. The Morgan fingerprint density at radius 3 is 2.63 bits per heavy atom. The van der Waals surface area contributed by atoms with Crippen LogP contribution < -0.4 is 14.4 Å². The molecule has 1 saturated carbocycles. The van der Waals surface area contributed by atoms with Crippen LogP contribution in [0.5, 0.6) is 11.8 Å². The highest BCUT2D eigenvalue weighted by atomic mass is 35.5. The van der Waals surface area contributed by atoms with E-state index in [1.165, 1.54) is 0 Å². The first-order chi connectivity index (χ1) is 23.5. The highest BCUT2D eigenvalue weighted by molar-refractivity contribution is 6.35. The van der Waals surface area contributed by atoms with Gasteiger partial charge >= 0.3 is 12.1 Å². The molecule has 1 N–H and O–H groups in total. The summed E-state index contributed by atoms with van der Waals surface area (Å²) in [5, 5.41) is 19.3. The Hall–Kier alpha value is -4.34. The number of aromatic nitrogens is 4. The molecular weight excluding hydrogens is 644 g/mol. The van der Waals surface area contributed by atoms with Crippen LogP contribution in [0.2, 0.25) is 5.02 Å². The molecule has 4 heterocycles. The van der Waals surface area contributed by atoms with Gasteiger partial charge in [-0.25, -0.2) is 4.79 Å². The number of nitrogens with one attached hydrogen (secondary N) is 1. The maximum Gasteiger partial charge on any atom is 0.410 e. The van der Waals surface area contributed by atoms with Gasteiger partial charge in [-0.15, -0.1) is 0 Å². The molecule has 2 aromatic carbocycles. The van der Waals surface area contributed by atoms with E-state index in [1.54, 1.807) is 4.90 Å². The van der Waals surface area contributed by atoms with Crippen LogP contribution in [0.15, 0.2) is 24.4 Å². The molecule has 2 aromatic heterocycles. The Morgan fingerprint density at radius 2 is 1.92 bits per heavy atom. The summed E-state index contributed by atoms with van der Waals surface area (Å²) in [6, 6.07) is 8.35. The molecule has 3 fully saturated rings. The zero-order valence-electron chi connectivity index (χ0n) is 28.8. The molecule has 2 aliphatic heterocycles. The number of nitrogens with zero attached hydrogens (tertiary/aromatic N) is 7. The first kappa shape index (κ1) is 33.2. The summed E-state index contributed by atoms with van der Waals surface area (Å²) in [4.78, 5) is 29.3. The smallest absolute Gasteiger partial charge is 0.410 e. The largest absolute Gasteiger partial charge is 0.487 e. The van der Waals surface area contributed by atoms with E-state index >= 15 is 0 Å². The van der Waals surface area contributed by atoms with Crippen molar-refractivity contribution in [2.24, 2.45) is 0 Å². The third kappa shape index (κ3) is 6.79. The minimum Gasteiger partial charge on any atom is -0.487 e. The van der Waals surface area contributed by atoms with Crippen molar-refractivity contribution in [1.29, 1.82) is 5.26 Å². The summed E-state index contributed by atoms with van der Waals surface area (Å²) in [5.74, 6) is 1.22. The van der Waals surface area contributed by atoms with Gasteiger partial charge in [0.2, 0.25) is 0 Å². The summed E-state index contributed by atoms with van der Waals surface area (Å²) >= 11 is 7.27. The van der Waals surface area contributed by atoms with Gasteiger partial charge in [0, 0.05) is 47.6 Å². The summed E-state index contributed by atoms with van der Waals surface area (Å²) in [5.41, 5.74) is 3.58. The van der Waals surface area contributed by atoms with Crippen LogP contribution in [0.3, 0.4) is 0 Å². The molecule has 0 spiro atoms. The lowest BCUT2D eigenvalue weighted by molar-refractivity contribution is 0.0145. The fraction of sp³-hybridized carbons (Fsp3) is 0.528. The third-order valence-corrected chi connectivity index (χ3v) is 9.86. The van der Waals surface area contributed by atoms with Crippen LogP contribution in [-0.4, -0.2) is 99.7 Å². The van der Waals surface area contributed by atoms with Crippen molar-refractivity contribution >= 4 is 45.3 Å². The van der Waals surface area contributed by atoms with Gasteiger partial charge in [-0.3, -0.25) is 5.10 Å². The second-order valence-corrected chi connectivity index (χ2v) is 14.8. The predicted octanol–water partition coefficient (Wildman–Crippen LogP) is 6.49. The van der Waals surface area contributed by atoms with Crippen LogP contribution in [0.4, 0.5) is 10.6 Å². The molecular formula is C36H43ClN8O4. The van der Waals surface area contributed by atoms with Crippen molar-refractivity contribution in [2.75, 3.05) is 44.7 Å². The van der Waals surface area contributed by atoms with Crippen LogP contribution >= 0.6 is 11.6 Å². The fourth-order valence-corrected chi connectivity index (χ4v) is 7.17. The second kappa shape index (κ2) is 13.2. The number of carbonyl (C=O) groups is 1. The molecule has 7 rings (SSSR count). The van der Waals surface area contributed by atoms with Crippen LogP contribution in [0.1, 0.15) is 58.4 Å². The normalized spacial score (nSPS) is 20.2. The van der Waals surface area contributed by atoms with Gasteiger partial charge in [-0.1, -0.05) is 17.7 Å². The lowest BCUT2D eigenvalue weighted by atomic mass is 9.94. The molecule has 0 radical (unpaired) electrons. The monoisotopic (exact) mass is 686 g/mol. The first-order valence-electron chi connectivity index (χ1n) is 17.1. The minimum atomic E-state index is -0.653. The molecule has 4 aromatic rings. The van der Waals surface area contributed by atoms with Crippen LogP contribution in [0, 0.1) is 18.3 Å². The zero-order valence-corrected chi connectivity index (χ0v) is 29.5. The van der Waals surface area contributed by atoms with E-state index in [1.807, 2.05) is 39.1 Å². The maximum atomic E-state index is 13.2. The van der Waals surface area contributed by atoms with E-state index < -0.39 is 17.7 Å². The van der Waals surface area contributed by atoms with E-state index in [0.717, 1.165) is 59.8 Å². The average Bonchev–Trinajstić information content (AvgIpc) is 3.57. The summed E-state index contributed by atoms with van der Waals surface area (Å²) < 4.78 is 18.8. The van der Waals surface area contributed by atoms with E-state index in [-0.39, 0.29) is 24.6 Å². The Kier molecular flexibility index (Phi) is 8.92. The third-order valence-electron chi connectivity index (χ3n) is 9.56. The molecule has 3 aliphatic rings. The van der Waals surface area contributed by atoms with Gasteiger partial charge in [-0.05, 0) is 84.7 Å². The Bertz CT molecular complexity index is 1930. The SMILES string of the molecule is Cc1ccc2[nH]ncc2c1-c1c(Cl)cc2c(N3CCN(C(=O)OC(C)(C)C)[C@@H](CC#N)C3)nc(OC[C@@H]3CCCN3C)nc2c1OC1CC1. The number of fused-ring (bicyclic) bond motifs is 2. The number of piperazine rings is 1. The van der Waals surface area contributed by atoms with Gasteiger partial charge in [0.1, 0.15) is 23.5 Å². The molecule has 1 aliphatic carbocycles. The van der Waals surface area contributed by atoms with E-state index in [4.69, 9.17) is 35.8 Å². The Balaban J connectivity index is 1.36. The van der Waals surface area contributed by atoms with Gasteiger partial charge in [-0.2, -0.15) is 20.3 Å². The molecule has 13 heteroatoms. The molecule has 2 saturated heterocycles. The maximum absolute atomic E-state index is 13.2. The second-order valence-electron chi connectivity index (χ2n) is 14.4. The van der Waals surface area contributed by atoms with Crippen molar-refractivity contribution in [3.63, 3.8) is 0 Å². The number of hydrogen-bond acceptors (Lipinski definition) is 10. The number of hydrogen-bond donors (Lipinski definition) is 1. The van der Waals surface area contributed by atoms with Crippen molar-refractivity contribution in [1.82, 2.24) is 30.0 Å². The number of likely N-dealkylation sites (N-methyl/N-ethyl adjacent to an activating group) is 1. The first-order valence-corrected chi connectivity index (χ1v) is 17.5. The number of benzene rings is 2. The van der Waals surface area contributed by atoms with E-state index in [9.17, 15) is 10.1 Å². The number of anilines is 1. The van der Waals surface area contributed by atoms with Crippen molar-refractivity contribution in [3.8, 4) is 29.0 Å². The molecule has 1 amide bonds. The number of aryl methyl sites for hydroxylation is 1. The predicted molar refractivity (Wildman–Crippen MR) is 188 cm³/mol. The van der Waals surface area contributed by atoms with Crippen molar-refractivity contribution < 1.29 is 19.0 Å². The number of H-pyrrole nitrogens is 1. The number of aromatic amines is 1. The summed E-state index contributed by atoms with van der Waals surface area (Å²) in [6.45, 7) is 10.2. The minimum absolute atomic E-state index is 0.0524. The van der Waals surface area contributed by atoms with E-state index in [0.29, 0.717) is 53.7 Å². The van der Waals surface area contributed by atoms with Gasteiger partial charge in [0.05, 0.1) is 41.4 Å². The molecule has 49 heavy (non-hydrogen) atoms. The molecule has 0 unspecified atom stereocenters. The molecule has 0 bridgehead atoms. The highest BCUT2D eigenvalue weighted by Crippen LogP contribution is 2.49. The highest BCUT2D eigenvalue weighted by Gasteiger charge is 2.36. The van der Waals surface area contributed by atoms with Gasteiger partial charge in [0.15, 0.2) is 5.75 Å². The van der Waals surface area contributed by atoms with Gasteiger partial charge < -0.3 is 28.9 Å². The topological polar surface area (TPSA) is 133 Å². The average molecular weight is 687 g/mol. The van der Waals surface area contributed by atoms with Crippen LogP contribution in [0.25, 0.3) is 32.9 Å². The number of halogens is 1. The zero-order chi connectivity index (χ0) is 34.4. The van der Waals surface area contributed by atoms with Gasteiger partial charge in [0.25, 0.3) is 0 Å². The Labute approximate surface area is 291 Å². The number of ether oxygens (including phenoxy) is 3. The van der Waals surface area contributed by atoms with Crippen LogP contribution in [-0.2, 0) is 4.74 Å². The number of carbonyl (C=O) groups excluding carboxylic acids is 1. The number of amides is 1. The number of nitriles is 1. The number of rotatable bonds is 8. The van der Waals surface area contributed by atoms with E-state index in [2.05, 4.69) is 46.1 Å².